The van der Waals surface area contributed by atoms with Gasteiger partial charge in [0.25, 0.3) is 0 Å². The number of rotatable bonds is 21. The van der Waals surface area contributed by atoms with E-state index in [1.165, 1.54) is 17.4 Å². The third-order valence-corrected chi connectivity index (χ3v) is 9.38. The molecule has 0 spiro atoms. The molecule has 1 aliphatic heterocycles. The standard InChI is InChI=1S/C34H57N9O8/c1-7-19(5)27(41-29(45)22(35)14-18(3)4)32(48)42-28(20(6)8-2)33(49)43-13-9-10-25(43)31(47)39-23(11-12-26(36)44)30(46)40-24(34(50)51)15-21-16-37-17-38-21/h16-20,22-25,27-28H,7-15,35H2,1-6H3,(H2,36,44)(H,37,38)(H,39,47)(H,40,46)(H,41,45)(H,42,48)(H,50,51)/t19-,20-,22-,23-,24-,25-,27-,28-/m0/s1. The molecule has 1 fully saturated rings. The zero-order valence-electron chi connectivity index (χ0n) is 30.6. The highest BCUT2D eigenvalue weighted by Gasteiger charge is 2.41. The van der Waals surface area contributed by atoms with Gasteiger partial charge in [-0.15, -0.1) is 0 Å². The predicted octanol–water partition coefficient (Wildman–Crippen LogP) is -0.302. The van der Waals surface area contributed by atoms with Crippen molar-refractivity contribution in [2.45, 2.75) is 129 Å². The highest BCUT2D eigenvalue weighted by Crippen LogP contribution is 2.22. The lowest BCUT2D eigenvalue weighted by atomic mass is 9.94. The first kappa shape index (κ1) is 42.6. The zero-order chi connectivity index (χ0) is 38.4. The number of carboxylic acids is 1. The van der Waals surface area contributed by atoms with Crippen LogP contribution in [0.15, 0.2) is 12.5 Å². The van der Waals surface area contributed by atoms with Crippen molar-refractivity contribution in [1.29, 1.82) is 0 Å². The molecule has 0 aromatic carbocycles. The van der Waals surface area contributed by atoms with E-state index in [4.69, 9.17) is 11.5 Å². The van der Waals surface area contributed by atoms with Crippen LogP contribution in [-0.4, -0.2) is 104 Å². The second kappa shape index (κ2) is 20.3. The van der Waals surface area contributed by atoms with E-state index in [9.17, 15) is 38.7 Å². The fraction of sp³-hybridized carbons (Fsp3) is 0.706. The summed E-state index contributed by atoms with van der Waals surface area (Å²) in [6.45, 7) is 11.5. The molecule has 2 heterocycles. The third-order valence-electron chi connectivity index (χ3n) is 9.38. The SMILES string of the molecule is CC[C@H](C)[C@H](NC(=O)[C@@H](N)CC(C)C)C(=O)N[C@H](C(=O)N1CCC[C@H]1C(=O)N[C@@H](CCC(N)=O)C(=O)N[C@@H](Cc1cnc[nH]1)C(=O)O)[C@@H](C)CC. The molecular formula is C34H57N9O8. The Morgan fingerprint density at radius 1 is 0.922 bits per heavy atom. The lowest BCUT2D eigenvalue weighted by Gasteiger charge is -2.33. The molecule has 8 atom stereocenters. The molecular weight excluding hydrogens is 662 g/mol. The molecule has 6 amide bonds. The van der Waals surface area contributed by atoms with E-state index in [-0.39, 0.29) is 50.0 Å². The van der Waals surface area contributed by atoms with Crippen molar-refractivity contribution in [3.63, 3.8) is 0 Å². The number of hydrogen-bond donors (Lipinski definition) is 8. The number of amides is 6. The Kier molecular flexibility index (Phi) is 17.0. The minimum absolute atomic E-state index is 0.114. The van der Waals surface area contributed by atoms with Gasteiger partial charge in [0, 0.05) is 31.3 Å². The summed E-state index contributed by atoms with van der Waals surface area (Å²) < 4.78 is 0. The lowest BCUT2D eigenvalue weighted by molar-refractivity contribution is -0.144. The van der Waals surface area contributed by atoms with Gasteiger partial charge in [-0.25, -0.2) is 9.78 Å². The first-order chi connectivity index (χ1) is 24.0. The first-order valence-electron chi connectivity index (χ1n) is 17.8. The lowest BCUT2D eigenvalue weighted by Crippen LogP contribution is -2.61. The fourth-order valence-corrected chi connectivity index (χ4v) is 5.90. The second-order valence-corrected chi connectivity index (χ2v) is 13.9. The number of H-pyrrole nitrogens is 1. The first-order valence-corrected chi connectivity index (χ1v) is 17.8. The van der Waals surface area contributed by atoms with Gasteiger partial charge in [-0.3, -0.25) is 28.8 Å². The maximum Gasteiger partial charge on any atom is 0.326 e. The van der Waals surface area contributed by atoms with Crippen molar-refractivity contribution in [2.24, 2.45) is 29.2 Å². The van der Waals surface area contributed by atoms with Crippen molar-refractivity contribution in [3.8, 4) is 0 Å². The van der Waals surface area contributed by atoms with Gasteiger partial charge in [0.05, 0.1) is 12.4 Å². The summed E-state index contributed by atoms with van der Waals surface area (Å²) >= 11 is 0. The molecule has 17 nitrogen and oxygen atoms in total. The number of likely N-dealkylation sites (tertiary alicyclic amines) is 1. The average Bonchev–Trinajstić information content (AvgIpc) is 3.78. The molecule has 286 valence electrons. The topological polar surface area (TPSA) is 272 Å². The summed E-state index contributed by atoms with van der Waals surface area (Å²) in [5.41, 5.74) is 11.9. The molecule has 1 aromatic heterocycles. The number of aromatic amines is 1. The highest BCUT2D eigenvalue weighted by molar-refractivity contribution is 5.97. The van der Waals surface area contributed by atoms with Gasteiger partial charge in [-0.05, 0) is 43.4 Å². The molecule has 0 radical (unpaired) electrons. The van der Waals surface area contributed by atoms with Gasteiger partial charge in [-0.2, -0.15) is 0 Å². The number of hydrogen-bond acceptors (Lipinski definition) is 9. The Balaban J connectivity index is 2.26. The van der Waals surface area contributed by atoms with E-state index in [0.29, 0.717) is 31.4 Å². The van der Waals surface area contributed by atoms with Crippen LogP contribution >= 0.6 is 0 Å². The Labute approximate surface area is 299 Å². The summed E-state index contributed by atoms with van der Waals surface area (Å²) in [6, 6.07) is -6.50. The number of nitrogens with zero attached hydrogens (tertiary/aromatic N) is 2. The van der Waals surface area contributed by atoms with Crippen molar-refractivity contribution in [1.82, 2.24) is 36.1 Å². The van der Waals surface area contributed by atoms with E-state index in [0.717, 1.165) is 0 Å². The molecule has 1 aromatic rings. The Morgan fingerprint density at radius 2 is 1.55 bits per heavy atom. The maximum atomic E-state index is 14.1. The Morgan fingerprint density at radius 3 is 2.10 bits per heavy atom. The van der Waals surface area contributed by atoms with Crippen molar-refractivity contribution in [2.75, 3.05) is 6.54 Å². The van der Waals surface area contributed by atoms with Crippen LogP contribution in [0.5, 0.6) is 0 Å². The van der Waals surface area contributed by atoms with E-state index >= 15 is 0 Å². The largest absolute Gasteiger partial charge is 0.480 e. The van der Waals surface area contributed by atoms with Crippen molar-refractivity contribution < 1.29 is 38.7 Å². The zero-order valence-corrected chi connectivity index (χ0v) is 30.6. The summed E-state index contributed by atoms with van der Waals surface area (Å²) in [6.07, 6.45) is 4.42. The highest BCUT2D eigenvalue weighted by atomic mass is 16.4. The van der Waals surface area contributed by atoms with Crippen molar-refractivity contribution in [3.05, 3.63) is 18.2 Å². The molecule has 0 saturated carbocycles. The predicted molar refractivity (Wildman–Crippen MR) is 187 cm³/mol. The normalized spacial score (nSPS) is 18.4. The summed E-state index contributed by atoms with van der Waals surface area (Å²) in [5, 5.41) is 20.3. The number of nitrogens with two attached hydrogens (primary N) is 2. The molecule has 1 saturated heterocycles. The molecule has 1 aliphatic rings. The summed E-state index contributed by atoms with van der Waals surface area (Å²) in [5.74, 6) is -5.53. The maximum absolute atomic E-state index is 14.1. The fourth-order valence-electron chi connectivity index (χ4n) is 5.90. The van der Waals surface area contributed by atoms with Crippen LogP contribution in [0.1, 0.15) is 92.2 Å². The summed E-state index contributed by atoms with van der Waals surface area (Å²) in [4.78, 5) is 99.3. The van der Waals surface area contributed by atoms with E-state index in [1.54, 1.807) is 6.92 Å². The van der Waals surface area contributed by atoms with Gasteiger partial charge in [-0.1, -0.05) is 54.4 Å². The number of aliphatic carboxylic acids is 1. The monoisotopic (exact) mass is 719 g/mol. The molecule has 0 unspecified atom stereocenters. The van der Waals surface area contributed by atoms with Crippen LogP contribution in [0.2, 0.25) is 0 Å². The van der Waals surface area contributed by atoms with Crippen LogP contribution in [0, 0.1) is 17.8 Å². The van der Waals surface area contributed by atoms with Gasteiger partial charge in [0.2, 0.25) is 35.4 Å². The number of carbonyl (C=O) groups excluding carboxylic acids is 6. The molecule has 0 aliphatic carbocycles. The smallest absolute Gasteiger partial charge is 0.326 e. The van der Waals surface area contributed by atoms with Gasteiger partial charge in [0.15, 0.2) is 0 Å². The molecule has 2 rings (SSSR count). The number of aromatic nitrogens is 2. The van der Waals surface area contributed by atoms with Crippen molar-refractivity contribution >= 4 is 41.4 Å². The Hall–Kier alpha value is -4.54. The number of carbonyl (C=O) groups is 7. The van der Waals surface area contributed by atoms with Crippen LogP contribution in [0.4, 0.5) is 0 Å². The summed E-state index contributed by atoms with van der Waals surface area (Å²) in [7, 11) is 0. The Bertz CT molecular complexity index is 1360. The minimum atomic E-state index is -1.37. The number of imidazole rings is 1. The quantitative estimate of drug-likeness (QED) is 0.0821. The van der Waals surface area contributed by atoms with Gasteiger partial charge >= 0.3 is 5.97 Å². The molecule has 0 bridgehead atoms. The average molecular weight is 720 g/mol. The number of primary amides is 1. The van der Waals surface area contributed by atoms with Crippen LogP contribution in [-0.2, 0) is 40.0 Å². The van der Waals surface area contributed by atoms with Crippen LogP contribution < -0.4 is 32.7 Å². The van der Waals surface area contributed by atoms with Crippen LogP contribution in [0.25, 0.3) is 0 Å². The molecule has 51 heavy (non-hydrogen) atoms. The second-order valence-electron chi connectivity index (χ2n) is 13.9. The van der Waals surface area contributed by atoms with E-state index in [1.807, 2.05) is 34.6 Å². The van der Waals surface area contributed by atoms with E-state index < -0.39 is 77.7 Å². The molecule has 17 heteroatoms. The van der Waals surface area contributed by atoms with Gasteiger partial charge in [0.1, 0.15) is 30.2 Å². The number of nitrogens with one attached hydrogen (secondary N) is 5. The third kappa shape index (κ3) is 12.9. The molecule has 10 N–H and O–H groups in total. The van der Waals surface area contributed by atoms with Crippen LogP contribution in [0.3, 0.4) is 0 Å². The number of carboxylic acid groups (broad SMARTS) is 1. The minimum Gasteiger partial charge on any atom is -0.480 e. The van der Waals surface area contributed by atoms with E-state index in [2.05, 4.69) is 31.2 Å². The van der Waals surface area contributed by atoms with Gasteiger partial charge < -0.3 is 47.7 Å².